The van der Waals surface area contributed by atoms with Crippen LogP contribution in [0.5, 0.6) is 0 Å². The molecule has 0 aromatic heterocycles. The molecule has 0 aliphatic heterocycles. The number of rotatable bonds is 7. The van der Waals surface area contributed by atoms with Gasteiger partial charge in [0.25, 0.3) is 0 Å². The van der Waals surface area contributed by atoms with Crippen LogP contribution in [-0.4, -0.2) is 36.9 Å². The summed E-state index contributed by atoms with van der Waals surface area (Å²) in [5.41, 5.74) is 0.304. The number of halogens is 1. The van der Waals surface area contributed by atoms with E-state index in [0.29, 0.717) is 6.61 Å². The van der Waals surface area contributed by atoms with Crippen LogP contribution in [-0.2, 0) is 4.74 Å². The van der Waals surface area contributed by atoms with Gasteiger partial charge in [0.15, 0.2) is 0 Å². The Hall–Kier alpha value is -1.79. The maximum Gasteiger partial charge on any atom is 0.335 e. The SMILES string of the molecule is CCCC(COC)NC(=O)Nc1cc(C(=O)O)ccc1Cl. The number of urea groups is 1. The molecule has 2 amide bonds. The van der Waals surface area contributed by atoms with E-state index >= 15 is 0 Å². The minimum absolute atomic E-state index is 0.0525. The van der Waals surface area contributed by atoms with E-state index < -0.39 is 12.0 Å². The quantitative estimate of drug-likeness (QED) is 0.722. The molecule has 0 bridgehead atoms. The van der Waals surface area contributed by atoms with Crippen LogP contribution in [0.3, 0.4) is 0 Å². The standard InChI is InChI=1S/C14H19ClN2O4/c1-3-4-10(8-21-2)16-14(20)17-12-7-9(13(18)19)5-6-11(12)15/h5-7,10H,3-4,8H2,1-2H3,(H,18,19)(H2,16,17,20). The Morgan fingerprint density at radius 1 is 1.43 bits per heavy atom. The fourth-order valence-corrected chi connectivity index (χ4v) is 2.01. The first kappa shape index (κ1) is 17.3. The van der Waals surface area contributed by atoms with Crippen molar-refractivity contribution in [2.75, 3.05) is 19.0 Å². The van der Waals surface area contributed by atoms with Crippen molar-refractivity contribution < 1.29 is 19.4 Å². The second-order valence-electron chi connectivity index (χ2n) is 4.54. The lowest BCUT2D eigenvalue weighted by atomic mass is 10.2. The molecule has 0 saturated heterocycles. The van der Waals surface area contributed by atoms with Crippen LogP contribution in [0.1, 0.15) is 30.1 Å². The van der Waals surface area contributed by atoms with Crippen LogP contribution < -0.4 is 10.6 Å². The van der Waals surface area contributed by atoms with Gasteiger partial charge in [0.1, 0.15) is 0 Å². The van der Waals surface area contributed by atoms with Crippen molar-refractivity contribution >= 4 is 29.3 Å². The first-order chi connectivity index (χ1) is 9.97. The fourth-order valence-electron chi connectivity index (χ4n) is 1.84. The molecule has 1 atom stereocenters. The number of aromatic carboxylic acids is 1. The highest BCUT2D eigenvalue weighted by Crippen LogP contribution is 2.23. The summed E-state index contributed by atoms with van der Waals surface area (Å²) in [5.74, 6) is -1.08. The zero-order chi connectivity index (χ0) is 15.8. The zero-order valence-electron chi connectivity index (χ0n) is 12.0. The molecule has 1 aromatic carbocycles. The van der Waals surface area contributed by atoms with Gasteiger partial charge in [-0.3, -0.25) is 0 Å². The third-order valence-corrected chi connectivity index (χ3v) is 3.13. The lowest BCUT2D eigenvalue weighted by molar-refractivity contribution is 0.0697. The molecule has 0 fully saturated rings. The number of carbonyl (C=O) groups excluding carboxylic acids is 1. The molecule has 1 unspecified atom stereocenters. The predicted molar refractivity (Wildman–Crippen MR) is 81.1 cm³/mol. The largest absolute Gasteiger partial charge is 0.478 e. The molecule has 1 aromatic rings. The molecule has 116 valence electrons. The van der Waals surface area contributed by atoms with Crippen molar-refractivity contribution in [3.63, 3.8) is 0 Å². The number of carboxylic acid groups (broad SMARTS) is 1. The third kappa shape index (κ3) is 5.61. The molecule has 6 nitrogen and oxygen atoms in total. The van der Waals surface area contributed by atoms with Crippen LogP contribution in [0.4, 0.5) is 10.5 Å². The van der Waals surface area contributed by atoms with Gasteiger partial charge < -0.3 is 20.5 Å². The fraction of sp³-hybridized carbons (Fsp3) is 0.429. The van der Waals surface area contributed by atoms with E-state index in [1.165, 1.54) is 18.2 Å². The van der Waals surface area contributed by atoms with Gasteiger partial charge in [0.05, 0.1) is 28.9 Å². The van der Waals surface area contributed by atoms with E-state index in [9.17, 15) is 9.59 Å². The summed E-state index contributed by atoms with van der Waals surface area (Å²) in [7, 11) is 1.56. The van der Waals surface area contributed by atoms with Gasteiger partial charge in [-0.25, -0.2) is 9.59 Å². The smallest absolute Gasteiger partial charge is 0.335 e. The normalized spacial score (nSPS) is 11.8. The number of carbonyl (C=O) groups is 2. The number of carboxylic acids is 1. The summed E-state index contributed by atoms with van der Waals surface area (Å²) >= 11 is 5.94. The van der Waals surface area contributed by atoms with Gasteiger partial charge in [-0.05, 0) is 24.6 Å². The number of hydrogen-bond donors (Lipinski definition) is 3. The monoisotopic (exact) mass is 314 g/mol. The molecule has 21 heavy (non-hydrogen) atoms. The van der Waals surface area contributed by atoms with Crippen LogP contribution in [0.15, 0.2) is 18.2 Å². The van der Waals surface area contributed by atoms with Crippen molar-refractivity contribution in [3.8, 4) is 0 Å². The number of methoxy groups -OCH3 is 1. The molecular weight excluding hydrogens is 296 g/mol. The molecule has 1 rings (SSSR count). The molecule has 0 saturated carbocycles. The molecule has 0 radical (unpaired) electrons. The average molecular weight is 315 g/mol. The summed E-state index contributed by atoms with van der Waals surface area (Å²) in [4.78, 5) is 22.8. The Bertz CT molecular complexity index is 502. The lowest BCUT2D eigenvalue weighted by Gasteiger charge is -2.18. The Kier molecular flexibility index (Phi) is 6.98. The highest BCUT2D eigenvalue weighted by molar-refractivity contribution is 6.33. The lowest BCUT2D eigenvalue weighted by Crippen LogP contribution is -2.40. The highest BCUT2D eigenvalue weighted by Gasteiger charge is 2.13. The van der Waals surface area contributed by atoms with Crippen molar-refractivity contribution in [3.05, 3.63) is 28.8 Å². The van der Waals surface area contributed by atoms with Crippen LogP contribution >= 0.6 is 11.6 Å². The van der Waals surface area contributed by atoms with E-state index in [4.69, 9.17) is 21.4 Å². The minimum atomic E-state index is -1.08. The van der Waals surface area contributed by atoms with Crippen LogP contribution in [0, 0.1) is 0 Å². The molecule has 0 aliphatic rings. The van der Waals surface area contributed by atoms with Crippen molar-refractivity contribution in [2.45, 2.75) is 25.8 Å². The van der Waals surface area contributed by atoms with Crippen molar-refractivity contribution in [1.29, 1.82) is 0 Å². The Morgan fingerprint density at radius 3 is 2.71 bits per heavy atom. The molecule has 3 N–H and O–H groups in total. The highest BCUT2D eigenvalue weighted by atomic mass is 35.5. The molecule has 0 spiro atoms. The van der Waals surface area contributed by atoms with Crippen molar-refractivity contribution in [2.24, 2.45) is 0 Å². The van der Waals surface area contributed by atoms with E-state index in [1.807, 2.05) is 6.92 Å². The first-order valence-electron chi connectivity index (χ1n) is 6.57. The number of nitrogens with one attached hydrogen (secondary N) is 2. The van der Waals surface area contributed by atoms with Gasteiger partial charge in [0, 0.05) is 7.11 Å². The van der Waals surface area contributed by atoms with Gasteiger partial charge in [-0.2, -0.15) is 0 Å². The molecule has 0 aliphatic carbocycles. The Labute approximate surface area is 128 Å². The maximum atomic E-state index is 11.9. The Morgan fingerprint density at radius 2 is 2.14 bits per heavy atom. The van der Waals surface area contributed by atoms with Crippen molar-refractivity contribution in [1.82, 2.24) is 5.32 Å². The summed E-state index contributed by atoms with van der Waals surface area (Å²) in [6, 6.07) is 3.56. The van der Waals surface area contributed by atoms with E-state index in [1.54, 1.807) is 7.11 Å². The molecule has 0 heterocycles. The number of amides is 2. The topological polar surface area (TPSA) is 87.7 Å². The zero-order valence-corrected chi connectivity index (χ0v) is 12.7. The first-order valence-corrected chi connectivity index (χ1v) is 6.95. The summed E-state index contributed by atoms with van der Waals surface area (Å²) < 4.78 is 5.04. The van der Waals surface area contributed by atoms with E-state index in [0.717, 1.165) is 12.8 Å². The molecule has 7 heteroatoms. The second-order valence-corrected chi connectivity index (χ2v) is 4.95. The maximum absolute atomic E-state index is 11.9. The summed E-state index contributed by atoms with van der Waals surface area (Å²) in [6.45, 7) is 2.42. The predicted octanol–water partition coefficient (Wildman–Crippen LogP) is 2.97. The van der Waals surface area contributed by atoms with Gasteiger partial charge in [0.2, 0.25) is 0 Å². The van der Waals surface area contributed by atoms with Crippen LogP contribution in [0.25, 0.3) is 0 Å². The van der Waals surface area contributed by atoms with Gasteiger partial charge in [-0.15, -0.1) is 0 Å². The Balaban J connectivity index is 2.73. The van der Waals surface area contributed by atoms with Gasteiger partial charge in [-0.1, -0.05) is 24.9 Å². The number of ether oxygens (including phenoxy) is 1. The summed E-state index contributed by atoms with van der Waals surface area (Å²) in [5, 5.41) is 14.5. The number of anilines is 1. The third-order valence-electron chi connectivity index (χ3n) is 2.80. The summed E-state index contributed by atoms with van der Waals surface area (Å²) in [6.07, 6.45) is 1.69. The van der Waals surface area contributed by atoms with E-state index in [-0.39, 0.29) is 22.3 Å². The van der Waals surface area contributed by atoms with Gasteiger partial charge >= 0.3 is 12.0 Å². The average Bonchev–Trinajstić information content (AvgIpc) is 2.41. The number of hydrogen-bond acceptors (Lipinski definition) is 3. The number of benzene rings is 1. The van der Waals surface area contributed by atoms with E-state index in [2.05, 4.69) is 10.6 Å². The van der Waals surface area contributed by atoms with Crippen LogP contribution in [0.2, 0.25) is 5.02 Å². The molecular formula is C14H19ClN2O4. The second kappa shape index (κ2) is 8.49. The minimum Gasteiger partial charge on any atom is -0.478 e.